The highest BCUT2D eigenvalue weighted by Crippen LogP contribution is 2.32. The van der Waals surface area contributed by atoms with Crippen molar-refractivity contribution < 1.29 is 9.90 Å². The van der Waals surface area contributed by atoms with Gasteiger partial charge in [-0.05, 0) is 27.7 Å². The molecule has 20 heavy (non-hydrogen) atoms. The van der Waals surface area contributed by atoms with Crippen LogP contribution >= 0.6 is 23.1 Å². The number of rotatable bonds is 5. The Labute approximate surface area is 125 Å². The molecule has 0 atom stereocenters. The molecule has 0 fully saturated rings. The van der Waals surface area contributed by atoms with E-state index in [1.54, 1.807) is 11.3 Å². The third kappa shape index (κ3) is 3.01. The normalized spacial score (nSPS) is 11.2. The Bertz CT molecular complexity index is 633. The summed E-state index contributed by atoms with van der Waals surface area (Å²) in [5.74, 6) is -0.124. The number of nitrogens with zero attached hydrogens (tertiary/aromatic N) is 4. The lowest BCUT2D eigenvalue weighted by Crippen LogP contribution is -2.07. The second-order valence-corrected chi connectivity index (χ2v) is 6.75. The van der Waals surface area contributed by atoms with Crippen molar-refractivity contribution in [3.8, 4) is 10.7 Å². The number of thiazole rings is 1. The van der Waals surface area contributed by atoms with Crippen LogP contribution < -0.4 is 0 Å². The number of aliphatic carboxylic acids is 1. The number of hydrogen-bond acceptors (Lipinski definition) is 6. The van der Waals surface area contributed by atoms with Crippen molar-refractivity contribution in [2.45, 2.75) is 38.9 Å². The van der Waals surface area contributed by atoms with Crippen LogP contribution in [0.4, 0.5) is 0 Å². The van der Waals surface area contributed by atoms with Crippen LogP contribution in [0.25, 0.3) is 10.7 Å². The van der Waals surface area contributed by atoms with E-state index in [9.17, 15) is 4.79 Å². The standard InChI is InChI=1S/C12H16N4O2S2/c1-6(2)16-11(10-7(3)13-8(4)20-10)14-15-12(16)19-5-9(17)18/h6H,5H2,1-4H3,(H,17,18). The van der Waals surface area contributed by atoms with Crippen molar-refractivity contribution in [3.63, 3.8) is 0 Å². The first kappa shape index (κ1) is 15.0. The van der Waals surface area contributed by atoms with E-state index in [1.165, 1.54) is 11.8 Å². The average molecular weight is 312 g/mol. The van der Waals surface area contributed by atoms with Crippen LogP contribution in [0.1, 0.15) is 30.6 Å². The molecule has 2 aromatic rings. The Hall–Kier alpha value is -1.41. The van der Waals surface area contributed by atoms with Gasteiger partial charge in [0.05, 0.1) is 21.3 Å². The Balaban J connectivity index is 2.44. The quantitative estimate of drug-likeness (QED) is 0.855. The van der Waals surface area contributed by atoms with Crippen molar-refractivity contribution in [2.75, 3.05) is 5.75 Å². The molecule has 2 rings (SSSR count). The number of aryl methyl sites for hydroxylation is 2. The van der Waals surface area contributed by atoms with Crippen LogP contribution in [0.5, 0.6) is 0 Å². The van der Waals surface area contributed by atoms with Gasteiger partial charge < -0.3 is 5.11 Å². The molecule has 108 valence electrons. The van der Waals surface area contributed by atoms with Gasteiger partial charge in [-0.15, -0.1) is 21.5 Å². The first-order valence-electron chi connectivity index (χ1n) is 6.14. The lowest BCUT2D eigenvalue weighted by molar-refractivity contribution is -0.133. The third-order valence-corrected chi connectivity index (χ3v) is 4.61. The molecule has 0 aromatic carbocycles. The molecule has 0 bridgehead atoms. The maximum atomic E-state index is 10.7. The maximum Gasteiger partial charge on any atom is 0.313 e. The predicted molar refractivity (Wildman–Crippen MR) is 79.3 cm³/mol. The van der Waals surface area contributed by atoms with Gasteiger partial charge in [-0.25, -0.2) is 4.98 Å². The van der Waals surface area contributed by atoms with Crippen LogP contribution in [0.2, 0.25) is 0 Å². The average Bonchev–Trinajstić information content (AvgIpc) is 2.89. The lowest BCUT2D eigenvalue weighted by Gasteiger charge is -2.12. The molecule has 0 radical (unpaired) electrons. The summed E-state index contributed by atoms with van der Waals surface area (Å²) in [6, 6.07) is 0.151. The van der Waals surface area contributed by atoms with E-state index in [2.05, 4.69) is 15.2 Å². The van der Waals surface area contributed by atoms with E-state index >= 15 is 0 Å². The molecule has 0 amide bonds. The topological polar surface area (TPSA) is 80.9 Å². The monoisotopic (exact) mass is 312 g/mol. The second-order valence-electron chi connectivity index (χ2n) is 4.60. The van der Waals surface area contributed by atoms with Gasteiger partial charge in [0.2, 0.25) is 0 Å². The molecule has 0 aliphatic carbocycles. The molecular formula is C12H16N4O2S2. The van der Waals surface area contributed by atoms with Gasteiger partial charge in [0.25, 0.3) is 0 Å². The molecule has 0 spiro atoms. The molecule has 8 heteroatoms. The fourth-order valence-corrected chi connectivity index (χ4v) is 3.55. The van der Waals surface area contributed by atoms with Crippen molar-refractivity contribution >= 4 is 29.1 Å². The van der Waals surface area contributed by atoms with Gasteiger partial charge in [-0.3, -0.25) is 9.36 Å². The van der Waals surface area contributed by atoms with Crippen molar-refractivity contribution in [3.05, 3.63) is 10.7 Å². The summed E-state index contributed by atoms with van der Waals surface area (Å²) >= 11 is 2.76. The highest BCUT2D eigenvalue weighted by atomic mass is 32.2. The second kappa shape index (κ2) is 5.92. The van der Waals surface area contributed by atoms with Gasteiger partial charge in [-0.2, -0.15) is 0 Å². The minimum absolute atomic E-state index is 0.0223. The summed E-state index contributed by atoms with van der Waals surface area (Å²) in [5.41, 5.74) is 0.927. The summed E-state index contributed by atoms with van der Waals surface area (Å²) < 4.78 is 1.97. The Kier molecular flexibility index (Phi) is 4.44. The third-order valence-electron chi connectivity index (χ3n) is 2.61. The number of thioether (sulfide) groups is 1. The van der Waals surface area contributed by atoms with E-state index in [0.29, 0.717) is 5.16 Å². The minimum atomic E-state index is -0.861. The molecule has 1 N–H and O–H groups in total. The highest BCUT2D eigenvalue weighted by Gasteiger charge is 2.20. The number of carbonyl (C=O) groups is 1. The zero-order valence-corrected chi connectivity index (χ0v) is 13.4. The van der Waals surface area contributed by atoms with Crippen molar-refractivity contribution in [2.24, 2.45) is 0 Å². The van der Waals surface area contributed by atoms with Gasteiger partial charge in [-0.1, -0.05) is 11.8 Å². The highest BCUT2D eigenvalue weighted by molar-refractivity contribution is 7.99. The fourth-order valence-electron chi connectivity index (χ4n) is 1.86. The minimum Gasteiger partial charge on any atom is -0.481 e. The molecule has 2 aromatic heterocycles. The summed E-state index contributed by atoms with van der Waals surface area (Å²) in [4.78, 5) is 16.1. The number of hydrogen-bond donors (Lipinski definition) is 1. The summed E-state index contributed by atoms with van der Waals surface area (Å²) in [6.07, 6.45) is 0. The van der Waals surface area contributed by atoms with Crippen LogP contribution in [0.15, 0.2) is 5.16 Å². The molecule has 0 saturated carbocycles. The smallest absolute Gasteiger partial charge is 0.313 e. The zero-order valence-electron chi connectivity index (χ0n) is 11.7. The number of carboxylic acids is 1. The largest absolute Gasteiger partial charge is 0.481 e. The molecule has 6 nitrogen and oxygen atoms in total. The molecular weight excluding hydrogens is 296 g/mol. The summed E-state index contributed by atoms with van der Waals surface area (Å²) in [5, 5.41) is 18.8. The van der Waals surface area contributed by atoms with Crippen LogP contribution in [0, 0.1) is 13.8 Å². The SMILES string of the molecule is Cc1nc(C)c(-c2nnc(SCC(=O)O)n2C(C)C)s1. The fraction of sp³-hybridized carbons (Fsp3) is 0.500. The van der Waals surface area contributed by atoms with E-state index < -0.39 is 5.97 Å². The first-order valence-corrected chi connectivity index (χ1v) is 7.94. The number of carboxylic acid groups (broad SMARTS) is 1. The van der Waals surface area contributed by atoms with Crippen molar-refractivity contribution in [1.29, 1.82) is 0 Å². The molecule has 0 unspecified atom stereocenters. The van der Waals surface area contributed by atoms with E-state index in [0.717, 1.165) is 21.4 Å². The molecule has 0 aliphatic heterocycles. The molecule has 0 aliphatic rings. The predicted octanol–water partition coefficient (Wildman–Crippen LogP) is 2.78. The summed E-state index contributed by atoms with van der Waals surface area (Å²) in [6.45, 7) is 7.96. The zero-order chi connectivity index (χ0) is 14.9. The maximum absolute atomic E-state index is 10.7. The van der Waals surface area contributed by atoms with Crippen LogP contribution in [-0.4, -0.2) is 36.6 Å². The van der Waals surface area contributed by atoms with Crippen LogP contribution in [0.3, 0.4) is 0 Å². The Morgan fingerprint density at radius 3 is 2.60 bits per heavy atom. The lowest BCUT2D eigenvalue weighted by atomic mass is 10.3. The van der Waals surface area contributed by atoms with Gasteiger partial charge in [0, 0.05) is 6.04 Å². The van der Waals surface area contributed by atoms with Gasteiger partial charge in [0.15, 0.2) is 11.0 Å². The summed E-state index contributed by atoms with van der Waals surface area (Å²) in [7, 11) is 0. The van der Waals surface area contributed by atoms with Gasteiger partial charge in [0.1, 0.15) is 0 Å². The molecule has 0 saturated heterocycles. The van der Waals surface area contributed by atoms with Crippen LogP contribution in [-0.2, 0) is 4.79 Å². The number of aromatic nitrogens is 4. The van der Waals surface area contributed by atoms with E-state index in [-0.39, 0.29) is 11.8 Å². The van der Waals surface area contributed by atoms with Gasteiger partial charge >= 0.3 is 5.97 Å². The van der Waals surface area contributed by atoms with E-state index in [1.807, 2.05) is 32.3 Å². The molecule has 2 heterocycles. The Morgan fingerprint density at radius 2 is 2.10 bits per heavy atom. The Morgan fingerprint density at radius 1 is 1.40 bits per heavy atom. The first-order chi connectivity index (χ1) is 9.40. The van der Waals surface area contributed by atoms with E-state index in [4.69, 9.17) is 5.11 Å². The van der Waals surface area contributed by atoms with Crippen molar-refractivity contribution in [1.82, 2.24) is 19.7 Å².